The summed E-state index contributed by atoms with van der Waals surface area (Å²) in [6.45, 7) is 5.74. The number of carbonyl (C=O) groups is 2. The van der Waals surface area contributed by atoms with E-state index in [2.05, 4.69) is 15.4 Å². The first kappa shape index (κ1) is 24.3. The molecule has 2 atom stereocenters. The monoisotopic (exact) mass is 406 g/mol. The highest BCUT2D eigenvalue weighted by molar-refractivity contribution is 5.75. The number of aromatic amines is 1. The topological polar surface area (TPSA) is 140 Å². The smallest absolute Gasteiger partial charge is 0.325 e. The molecule has 0 bridgehead atoms. The number of ether oxygens (including phenoxy) is 1. The van der Waals surface area contributed by atoms with E-state index in [9.17, 15) is 9.59 Å². The van der Waals surface area contributed by atoms with Gasteiger partial charge in [0.15, 0.2) is 0 Å². The van der Waals surface area contributed by atoms with Gasteiger partial charge in [-0.1, -0.05) is 30.3 Å². The highest BCUT2D eigenvalue weighted by atomic mass is 16.7. The molecule has 2 rings (SSSR count). The molecule has 2 aromatic rings. The number of aromatic nitrogens is 2. The van der Waals surface area contributed by atoms with Crippen molar-refractivity contribution in [2.75, 3.05) is 7.11 Å². The van der Waals surface area contributed by atoms with E-state index in [0.717, 1.165) is 11.3 Å². The summed E-state index contributed by atoms with van der Waals surface area (Å²) in [4.78, 5) is 33.9. The first-order valence-electron chi connectivity index (χ1n) is 9.13. The number of hydrogen-bond donors (Lipinski definition) is 4. The maximum atomic E-state index is 11.7. The van der Waals surface area contributed by atoms with E-state index >= 15 is 0 Å². The second-order valence-corrected chi connectivity index (χ2v) is 7.32. The van der Waals surface area contributed by atoms with Crippen LogP contribution in [0.15, 0.2) is 42.9 Å². The van der Waals surface area contributed by atoms with Crippen LogP contribution in [0.4, 0.5) is 0 Å². The third-order valence-corrected chi connectivity index (χ3v) is 3.59. The number of carbonyl (C=O) groups excluding carboxylic acids is 1. The van der Waals surface area contributed by atoms with Gasteiger partial charge < -0.3 is 20.6 Å². The van der Waals surface area contributed by atoms with Crippen molar-refractivity contribution in [3.05, 3.63) is 54.1 Å². The van der Waals surface area contributed by atoms with Gasteiger partial charge in [0.1, 0.15) is 12.1 Å². The molecule has 9 nitrogen and oxygen atoms in total. The fourth-order valence-electron chi connectivity index (χ4n) is 2.13. The first-order chi connectivity index (χ1) is 13.6. The summed E-state index contributed by atoms with van der Waals surface area (Å²) in [7, 11) is 1.37. The summed E-state index contributed by atoms with van der Waals surface area (Å²) in [5.74, 6) is -1.33. The quantitative estimate of drug-likeness (QED) is 0.381. The molecule has 0 fully saturated rings. The number of rotatable bonds is 8. The minimum atomic E-state index is -1.00. The molecule has 0 aliphatic heterocycles. The summed E-state index contributed by atoms with van der Waals surface area (Å²) in [6, 6.07) is 8.40. The van der Waals surface area contributed by atoms with Crippen LogP contribution in [0.5, 0.6) is 0 Å². The molecule has 0 amide bonds. The molecule has 1 heterocycles. The molecule has 160 valence electrons. The number of carboxylic acids is 1. The van der Waals surface area contributed by atoms with Crippen molar-refractivity contribution in [3.63, 3.8) is 0 Å². The van der Waals surface area contributed by atoms with Crippen molar-refractivity contribution < 1.29 is 24.3 Å². The van der Waals surface area contributed by atoms with Crippen LogP contribution >= 0.6 is 0 Å². The molecule has 5 N–H and O–H groups in total. The van der Waals surface area contributed by atoms with E-state index in [1.165, 1.54) is 13.4 Å². The van der Waals surface area contributed by atoms with Crippen molar-refractivity contribution >= 4 is 11.9 Å². The Bertz CT molecular complexity index is 729. The van der Waals surface area contributed by atoms with Gasteiger partial charge in [-0.3, -0.25) is 14.4 Å². The van der Waals surface area contributed by atoms with Crippen LogP contribution < -0.4 is 11.2 Å². The van der Waals surface area contributed by atoms with Crippen LogP contribution in [0, 0.1) is 0 Å². The number of methoxy groups -OCH3 is 1. The normalized spacial score (nSPS) is 13.0. The fraction of sp³-hybridized carbons (Fsp3) is 0.450. The SMILES string of the molecule is COC(=O)[C@H](Cc1ccccc1)NOC(C)(C)C.N[C@@H](Cc1cnc[nH]1)C(=O)O. The number of esters is 1. The van der Waals surface area contributed by atoms with Gasteiger partial charge >= 0.3 is 11.9 Å². The molecule has 0 saturated carbocycles. The van der Waals surface area contributed by atoms with Crippen LogP contribution in [-0.4, -0.2) is 51.8 Å². The summed E-state index contributed by atoms with van der Waals surface area (Å²) in [6.07, 6.45) is 3.87. The Morgan fingerprint density at radius 1 is 1.24 bits per heavy atom. The van der Waals surface area contributed by atoms with Gasteiger partial charge in [0.25, 0.3) is 0 Å². The van der Waals surface area contributed by atoms with Gasteiger partial charge in [-0.2, -0.15) is 5.48 Å². The Kier molecular flexibility index (Phi) is 10.0. The second-order valence-electron chi connectivity index (χ2n) is 7.32. The van der Waals surface area contributed by atoms with Crippen LogP contribution in [0.3, 0.4) is 0 Å². The number of nitrogens with zero attached hydrogens (tertiary/aromatic N) is 1. The van der Waals surface area contributed by atoms with Crippen molar-refractivity contribution in [1.29, 1.82) is 0 Å². The van der Waals surface area contributed by atoms with Crippen LogP contribution in [0.25, 0.3) is 0 Å². The molecular formula is C20H30N4O5. The molecule has 0 radical (unpaired) electrons. The van der Waals surface area contributed by atoms with E-state index in [1.54, 1.807) is 6.20 Å². The molecule has 1 aromatic heterocycles. The first-order valence-corrected chi connectivity index (χ1v) is 9.13. The van der Waals surface area contributed by atoms with E-state index in [0.29, 0.717) is 6.42 Å². The van der Waals surface area contributed by atoms with E-state index in [1.807, 2.05) is 51.1 Å². The lowest BCUT2D eigenvalue weighted by Gasteiger charge is -2.23. The van der Waals surface area contributed by atoms with Gasteiger partial charge in [-0.15, -0.1) is 0 Å². The van der Waals surface area contributed by atoms with Gasteiger partial charge in [-0.05, 0) is 26.3 Å². The molecule has 0 aliphatic rings. The Morgan fingerprint density at radius 2 is 1.90 bits per heavy atom. The third kappa shape index (κ3) is 10.4. The Balaban J connectivity index is 0.000000326. The number of aliphatic carboxylic acids is 1. The highest BCUT2D eigenvalue weighted by Crippen LogP contribution is 2.08. The summed E-state index contributed by atoms with van der Waals surface area (Å²) in [5.41, 5.74) is 9.48. The van der Waals surface area contributed by atoms with Crippen molar-refractivity contribution in [1.82, 2.24) is 15.4 Å². The summed E-state index contributed by atoms with van der Waals surface area (Å²) < 4.78 is 4.77. The Hall–Kier alpha value is -2.75. The molecule has 0 aliphatic carbocycles. The lowest BCUT2D eigenvalue weighted by molar-refractivity contribution is -0.153. The zero-order valence-electron chi connectivity index (χ0n) is 17.2. The number of nitrogens with one attached hydrogen (secondary N) is 2. The minimum absolute atomic E-state index is 0.287. The van der Waals surface area contributed by atoms with Gasteiger partial charge in [0.2, 0.25) is 0 Å². The van der Waals surface area contributed by atoms with Crippen molar-refractivity contribution in [2.24, 2.45) is 5.73 Å². The number of imidazole rings is 1. The standard InChI is InChI=1S/C14H21NO3.C6H9N3O2/c1-14(2,3)18-15-12(13(16)17-4)10-11-8-6-5-7-9-11;7-5(6(10)11)1-4-2-8-3-9-4/h5-9,12,15H,10H2,1-4H3;2-3,5H,1,7H2,(H,8,9)(H,10,11)/t12-;5-/m00/s1. The second kappa shape index (κ2) is 11.9. The number of H-pyrrole nitrogens is 1. The number of hydrogen-bond acceptors (Lipinski definition) is 7. The average Bonchev–Trinajstić information content (AvgIpc) is 3.18. The molecule has 0 unspecified atom stereocenters. The Morgan fingerprint density at radius 3 is 2.38 bits per heavy atom. The number of benzene rings is 1. The molecular weight excluding hydrogens is 376 g/mol. The van der Waals surface area contributed by atoms with Crippen LogP contribution in [0.1, 0.15) is 32.0 Å². The number of nitrogens with two attached hydrogens (primary N) is 1. The maximum absolute atomic E-state index is 11.7. The molecule has 1 aromatic carbocycles. The molecule has 9 heteroatoms. The predicted octanol–water partition coefficient (Wildman–Crippen LogP) is 1.45. The zero-order valence-corrected chi connectivity index (χ0v) is 17.2. The van der Waals surface area contributed by atoms with E-state index < -0.39 is 18.1 Å². The largest absolute Gasteiger partial charge is 0.480 e. The maximum Gasteiger partial charge on any atom is 0.325 e. The summed E-state index contributed by atoms with van der Waals surface area (Å²) >= 11 is 0. The lowest BCUT2D eigenvalue weighted by atomic mass is 10.1. The van der Waals surface area contributed by atoms with Gasteiger partial charge in [0, 0.05) is 24.7 Å². The average molecular weight is 406 g/mol. The van der Waals surface area contributed by atoms with E-state index in [-0.39, 0.29) is 18.0 Å². The predicted molar refractivity (Wildman–Crippen MR) is 108 cm³/mol. The van der Waals surface area contributed by atoms with Crippen LogP contribution in [-0.2, 0) is 32.0 Å². The Labute approximate surface area is 170 Å². The van der Waals surface area contributed by atoms with Gasteiger partial charge in [-0.25, -0.2) is 4.98 Å². The van der Waals surface area contributed by atoms with Crippen molar-refractivity contribution in [3.8, 4) is 0 Å². The van der Waals surface area contributed by atoms with E-state index in [4.69, 9.17) is 20.4 Å². The van der Waals surface area contributed by atoms with Crippen LogP contribution in [0.2, 0.25) is 0 Å². The highest BCUT2D eigenvalue weighted by Gasteiger charge is 2.22. The lowest BCUT2D eigenvalue weighted by Crippen LogP contribution is -2.43. The molecule has 29 heavy (non-hydrogen) atoms. The number of carboxylic acid groups (broad SMARTS) is 1. The van der Waals surface area contributed by atoms with Gasteiger partial charge in [0.05, 0.1) is 19.0 Å². The number of hydroxylamine groups is 1. The summed E-state index contributed by atoms with van der Waals surface area (Å²) in [5, 5.41) is 8.42. The third-order valence-electron chi connectivity index (χ3n) is 3.59. The molecule has 0 spiro atoms. The van der Waals surface area contributed by atoms with Crippen molar-refractivity contribution in [2.45, 2.75) is 51.3 Å². The fourth-order valence-corrected chi connectivity index (χ4v) is 2.13. The minimum Gasteiger partial charge on any atom is -0.480 e. The zero-order chi connectivity index (χ0) is 21.9. The molecule has 0 saturated heterocycles.